The summed E-state index contributed by atoms with van der Waals surface area (Å²) in [4.78, 5) is 33.2. The Hall–Kier alpha value is -1.79. The molecule has 0 aliphatic heterocycles. The Bertz CT molecular complexity index is 365. The van der Waals surface area contributed by atoms with E-state index in [9.17, 15) is 14.4 Å². The molecule has 1 fully saturated rings. The number of carboxylic acid groups (broad SMARTS) is 1. The number of carbonyl (C=O) groups excluding carboxylic acids is 2. The molecule has 1 atom stereocenters. The summed E-state index contributed by atoms with van der Waals surface area (Å²) >= 11 is 0. The van der Waals surface area contributed by atoms with Crippen LogP contribution >= 0.6 is 0 Å². The van der Waals surface area contributed by atoms with Crippen LogP contribution in [0.4, 0.5) is 4.79 Å². The SMILES string of the molecule is CC1CCC(CNC(=O)NC(CC(N)=O)C(=O)O)CC1. The highest BCUT2D eigenvalue weighted by Crippen LogP contribution is 2.27. The molecule has 1 aliphatic carbocycles. The van der Waals surface area contributed by atoms with Crippen LogP contribution in [-0.4, -0.2) is 35.6 Å². The molecule has 1 unspecified atom stereocenters. The molecule has 0 bridgehead atoms. The van der Waals surface area contributed by atoms with Crippen molar-refractivity contribution in [1.82, 2.24) is 10.6 Å². The minimum absolute atomic E-state index is 0.413. The van der Waals surface area contributed by atoms with Crippen LogP contribution in [0, 0.1) is 11.8 Å². The fraction of sp³-hybridized carbons (Fsp3) is 0.769. The number of carboxylic acids is 1. The normalized spacial score (nSPS) is 23.6. The van der Waals surface area contributed by atoms with E-state index in [-0.39, 0.29) is 0 Å². The molecule has 0 aromatic rings. The van der Waals surface area contributed by atoms with Crippen LogP contribution in [0.1, 0.15) is 39.0 Å². The van der Waals surface area contributed by atoms with Crippen molar-refractivity contribution >= 4 is 17.9 Å². The Kier molecular flexibility index (Phi) is 6.27. The van der Waals surface area contributed by atoms with Gasteiger partial charge in [0.15, 0.2) is 0 Å². The van der Waals surface area contributed by atoms with E-state index in [0.717, 1.165) is 31.6 Å². The molecule has 1 rings (SSSR count). The number of rotatable bonds is 6. The van der Waals surface area contributed by atoms with Crippen molar-refractivity contribution in [1.29, 1.82) is 0 Å². The van der Waals surface area contributed by atoms with E-state index in [1.54, 1.807) is 0 Å². The summed E-state index contributed by atoms with van der Waals surface area (Å²) in [5.74, 6) is -0.854. The summed E-state index contributed by atoms with van der Waals surface area (Å²) in [6.45, 7) is 2.75. The van der Waals surface area contributed by atoms with E-state index in [1.807, 2.05) is 0 Å². The molecule has 1 saturated carbocycles. The lowest BCUT2D eigenvalue weighted by Gasteiger charge is -2.26. The van der Waals surface area contributed by atoms with Gasteiger partial charge in [-0.1, -0.05) is 19.8 Å². The highest BCUT2D eigenvalue weighted by Gasteiger charge is 2.23. The zero-order valence-electron chi connectivity index (χ0n) is 11.7. The van der Waals surface area contributed by atoms with Crippen LogP contribution in [0.15, 0.2) is 0 Å². The summed E-state index contributed by atoms with van der Waals surface area (Å²) in [6, 6.07) is -1.85. The largest absolute Gasteiger partial charge is 0.480 e. The van der Waals surface area contributed by atoms with Crippen molar-refractivity contribution in [2.45, 2.75) is 45.1 Å². The van der Waals surface area contributed by atoms with E-state index >= 15 is 0 Å². The molecule has 0 radical (unpaired) electrons. The third-order valence-electron chi connectivity index (χ3n) is 3.70. The predicted octanol–water partition coefficient (Wildman–Crippen LogP) is 0.441. The number of carbonyl (C=O) groups is 3. The third kappa shape index (κ3) is 5.90. The molecular weight excluding hydrogens is 262 g/mol. The second-order valence-electron chi connectivity index (χ2n) is 5.54. The molecule has 0 aromatic heterocycles. The maximum atomic E-state index is 11.6. The first-order chi connectivity index (χ1) is 9.38. The third-order valence-corrected chi connectivity index (χ3v) is 3.70. The number of nitrogens with one attached hydrogen (secondary N) is 2. The van der Waals surface area contributed by atoms with Crippen molar-refractivity contribution in [2.75, 3.05) is 6.54 Å². The first kappa shape index (κ1) is 16.3. The average Bonchev–Trinajstić information content (AvgIpc) is 2.36. The van der Waals surface area contributed by atoms with Gasteiger partial charge in [-0.05, 0) is 24.7 Å². The number of hydrogen-bond donors (Lipinski definition) is 4. The molecule has 0 saturated heterocycles. The topological polar surface area (TPSA) is 122 Å². The Balaban J connectivity index is 2.31. The Morgan fingerprint density at radius 2 is 1.85 bits per heavy atom. The monoisotopic (exact) mass is 285 g/mol. The van der Waals surface area contributed by atoms with Crippen molar-refractivity contribution in [3.8, 4) is 0 Å². The van der Waals surface area contributed by atoms with Gasteiger partial charge in [0.1, 0.15) is 6.04 Å². The summed E-state index contributed by atoms with van der Waals surface area (Å²) in [5, 5.41) is 13.8. The summed E-state index contributed by atoms with van der Waals surface area (Å²) in [7, 11) is 0. The molecular formula is C13H23N3O4. The molecule has 0 heterocycles. The number of nitrogens with two attached hydrogens (primary N) is 1. The molecule has 3 amide bonds. The summed E-state index contributed by atoms with van der Waals surface area (Å²) in [5.41, 5.74) is 4.94. The maximum Gasteiger partial charge on any atom is 0.326 e. The van der Waals surface area contributed by atoms with Crippen LogP contribution in [0.3, 0.4) is 0 Å². The van der Waals surface area contributed by atoms with Crippen LogP contribution < -0.4 is 16.4 Å². The van der Waals surface area contributed by atoms with E-state index in [4.69, 9.17) is 10.8 Å². The summed E-state index contributed by atoms with van der Waals surface area (Å²) in [6.07, 6.45) is 4.06. The predicted molar refractivity (Wildman–Crippen MR) is 72.9 cm³/mol. The molecule has 114 valence electrons. The van der Waals surface area contributed by atoms with Gasteiger partial charge in [-0.15, -0.1) is 0 Å². The Morgan fingerprint density at radius 1 is 1.25 bits per heavy atom. The van der Waals surface area contributed by atoms with Crippen molar-refractivity contribution in [2.24, 2.45) is 17.6 Å². The fourth-order valence-corrected chi connectivity index (χ4v) is 2.38. The van der Waals surface area contributed by atoms with Gasteiger partial charge in [0.2, 0.25) is 5.91 Å². The summed E-state index contributed by atoms with van der Waals surface area (Å²) < 4.78 is 0. The molecule has 20 heavy (non-hydrogen) atoms. The van der Waals surface area contributed by atoms with Crippen LogP contribution in [0.2, 0.25) is 0 Å². The highest BCUT2D eigenvalue weighted by molar-refractivity contribution is 5.87. The molecule has 7 nitrogen and oxygen atoms in total. The van der Waals surface area contributed by atoms with Crippen LogP contribution in [-0.2, 0) is 9.59 Å². The Labute approximate surface area is 118 Å². The number of amides is 3. The van der Waals surface area contributed by atoms with E-state index in [1.165, 1.54) is 0 Å². The lowest BCUT2D eigenvalue weighted by atomic mass is 9.83. The number of hydrogen-bond acceptors (Lipinski definition) is 3. The first-order valence-corrected chi connectivity index (χ1v) is 6.94. The maximum absolute atomic E-state index is 11.6. The highest BCUT2D eigenvalue weighted by atomic mass is 16.4. The van der Waals surface area contributed by atoms with Crippen LogP contribution in [0.25, 0.3) is 0 Å². The van der Waals surface area contributed by atoms with Crippen LogP contribution in [0.5, 0.6) is 0 Å². The smallest absolute Gasteiger partial charge is 0.326 e. The second kappa shape index (κ2) is 7.72. The number of urea groups is 1. The zero-order valence-corrected chi connectivity index (χ0v) is 11.7. The van der Waals surface area contributed by atoms with Gasteiger partial charge in [-0.3, -0.25) is 4.79 Å². The lowest BCUT2D eigenvalue weighted by Crippen LogP contribution is -2.48. The van der Waals surface area contributed by atoms with Gasteiger partial charge in [-0.2, -0.15) is 0 Å². The number of aliphatic carboxylic acids is 1. The van der Waals surface area contributed by atoms with Gasteiger partial charge in [0, 0.05) is 6.54 Å². The molecule has 1 aliphatic rings. The Morgan fingerprint density at radius 3 is 2.35 bits per heavy atom. The van der Waals surface area contributed by atoms with Gasteiger partial charge in [0.05, 0.1) is 6.42 Å². The quantitative estimate of drug-likeness (QED) is 0.565. The van der Waals surface area contributed by atoms with E-state index in [0.29, 0.717) is 12.5 Å². The van der Waals surface area contributed by atoms with E-state index in [2.05, 4.69) is 17.6 Å². The van der Waals surface area contributed by atoms with Gasteiger partial charge in [0.25, 0.3) is 0 Å². The second-order valence-corrected chi connectivity index (χ2v) is 5.54. The molecule has 5 N–H and O–H groups in total. The zero-order chi connectivity index (χ0) is 15.1. The van der Waals surface area contributed by atoms with Crippen molar-refractivity contribution < 1.29 is 19.5 Å². The lowest BCUT2D eigenvalue weighted by molar-refractivity contribution is -0.140. The average molecular weight is 285 g/mol. The van der Waals surface area contributed by atoms with Crippen molar-refractivity contribution in [3.63, 3.8) is 0 Å². The molecule has 0 aromatic carbocycles. The number of primary amides is 1. The van der Waals surface area contributed by atoms with Gasteiger partial charge >= 0.3 is 12.0 Å². The molecule has 7 heteroatoms. The minimum atomic E-state index is -1.28. The molecule has 0 spiro atoms. The van der Waals surface area contributed by atoms with Gasteiger partial charge in [-0.25, -0.2) is 9.59 Å². The standard InChI is InChI=1S/C13H23N3O4/c1-8-2-4-9(5-3-8)7-15-13(20)16-10(12(18)19)6-11(14)17/h8-10H,2-7H2,1H3,(H2,14,17)(H,18,19)(H2,15,16,20). The fourth-order valence-electron chi connectivity index (χ4n) is 2.38. The first-order valence-electron chi connectivity index (χ1n) is 6.94. The minimum Gasteiger partial charge on any atom is -0.480 e. The van der Waals surface area contributed by atoms with E-state index < -0.39 is 30.4 Å². The van der Waals surface area contributed by atoms with Crippen molar-refractivity contribution in [3.05, 3.63) is 0 Å². The van der Waals surface area contributed by atoms with Gasteiger partial charge < -0.3 is 21.5 Å².